The summed E-state index contributed by atoms with van der Waals surface area (Å²) < 4.78 is 6.10. The molecule has 29 heavy (non-hydrogen) atoms. The summed E-state index contributed by atoms with van der Waals surface area (Å²) in [5.41, 5.74) is -1.82. The van der Waals surface area contributed by atoms with Crippen molar-refractivity contribution < 1.29 is 19.3 Å². The molecule has 2 fully saturated rings. The van der Waals surface area contributed by atoms with Gasteiger partial charge in [0, 0.05) is 17.4 Å². The van der Waals surface area contributed by atoms with Crippen molar-refractivity contribution in [3.63, 3.8) is 0 Å². The second-order valence-electron chi connectivity index (χ2n) is 10.9. The highest BCUT2D eigenvalue weighted by Crippen LogP contribution is 2.70. The minimum Gasteiger partial charge on any atom is -0.442 e. The maximum Gasteiger partial charge on any atom is 0.334 e. The van der Waals surface area contributed by atoms with E-state index in [1.165, 1.54) is 0 Å². The summed E-state index contributed by atoms with van der Waals surface area (Å²) in [6.45, 7) is 22.1. The predicted octanol–water partition coefficient (Wildman–Crippen LogP) is 6.00. The molecule has 4 nitrogen and oxygen atoms in total. The SMILES string of the molecule is C=C(C)C(=O)O[C@@]1(C#CC(C)(C)OOC(C)(C)CCC)C[C@H]2CC[C@@]1(C)C2(C)C. The first kappa shape index (κ1) is 24.0. The van der Waals surface area contributed by atoms with Crippen LogP contribution in [0.25, 0.3) is 0 Å². The summed E-state index contributed by atoms with van der Waals surface area (Å²) in [7, 11) is 0. The van der Waals surface area contributed by atoms with Gasteiger partial charge in [-0.25, -0.2) is 14.6 Å². The van der Waals surface area contributed by atoms with E-state index in [1.54, 1.807) is 6.92 Å². The summed E-state index contributed by atoms with van der Waals surface area (Å²) in [6, 6.07) is 0. The van der Waals surface area contributed by atoms with Crippen LogP contribution in [0.3, 0.4) is 0 Å². The van der Waals surface area contributed by atoms with E-state index in [1.807, 2.05) is 27.7 Å². The fourth-order valence-corrected chi connectivity index (χ4v) is 5.00. The molecule has 0 aromatic carbocycles. The van der Waals surface area contributed by atoms with Crippen LogP contribution in [0.15, 0.2) is 12.2 Å². The van der Waals surface area contributed by atoms with E-state index in [9.17, 15) is 4.79 Å². The minimum atomic E-state index is -0.838. The van der Waals surface area contributed by atoms with Crippen LogP contribution < -0.4 is 0 Å². The lowest BCUT2D eigenvalue weighted by atomic mass is 9.64. The van der Waals surface area contributed by atoms with E-state index in [0.717, 1.165) is 32.1 Å². The van der Waals surface area contributed by atoms with Crippen molar-refractivity contribution in [1.29, 1.82) is 0 Å². The Kier molecular flexibility index (Phi) is 6.40. The molecule has 0 N–H and O–H groups in total. The Bertz CT molecular complexity index is 721. The van der Waals surface area contributed by atoms with E-state index in [4.69, 9.17) is 14.5 Å². The first-order valence-corrected chi connectivity index (χ1v) is 10.9. The van der Waals surface area contributed by atoms with E-state index in [-0.39, 0.29) is 22.4 Å². The highest BCUT2D eigenvalue weighted by Gasteiger charge is 2.70. The average molecular weight is 405 g/mol. The molecule has 0 unspecified atom stereocenters. The third kappa shape index (κ3) is 4.42. The van der Waals surface area contributed by atoms with Crippen molar-refractivity contribution in [2.75, 3.05) is 0 Å². The van der Waals surface area contributed by atoms with Crippen LogP contribution in [0.1, 0.15) is 94.4 Å². The summed E-state index contributed by atoms with van der Waals surface area (Å²) in [5, 5.41) is 0. The summed E-state index contributed by atoms with van der Waals surface area (Å²) >= 11 is 0. The number of ether oxygens (including phenoxy) is 1. The summed E-state index contributed by atoms with van der Waals surface area (Å²) in [5.74, 6) is 6.73. The molecule has 0 aromatic heterocycles. The van der Waals surface area contributed by atoms with E-state index in [0.29, 0.717) is 11.5 Å². The summed E-state index contributed by atoms with van der Waals surface area (Å²) in [4.78, 5) is 24.0. The summed E-state index contributed by atoms with van der Waals surface area (Å²) in [6.07, 6.45) is 4.79. The second kappa shape index (κ2) is 7.75. The van der Waals surface area contributed by atoms with Gasteiger partial charge in [-0.15, -0.1) is 0 Å². The average Bonchev–Trinajstić information content (AvgIpc) is 2.91. The molecule has 2 bridgehead atoms. The maximum absolute atomic E-state index is 12.5. The number of fused-ring (bicyclic) bond motifs is 2. The Hall–Kier alpha value is -1.31. The van der Waals surface area contributed by atoms with Crippen molar-refractivity contribution in [1.82, 2.24) is 0 Å². The van der Waals surface area contributed by atoms with Gasteiger partial charge in [-0.3, -0.25) is 0 Å². The zero-order chi connectivity index (χ0) is 22.3. The standard InChI is InChI=1S/C25H40O4/c1-11-13-21(4,5)28-29-22(6,7)15-16-25(27-20(26)18(2)3)17-19-12-14-24(25,10)23(19,8)9/h19H,2,11-14,17H2,1,3-10H3/t19-,24+,25+/m1/s1. The fraction of sp³-hybridized carbons (Fsp3) is 0.800. The quantitative estimate of drug-likeness (QED) is 0.172. The van der Waals surface area contributed by atoms with Gasteiger partial charge in [-0.2, -0.15) is 0 Å². The third-order valence-electron chi connectivity index (χ3n) is 7.37. The van der Waals surface area contributed by atoms with Crippen LogP contribution in [0, 0.1) is 28.6 Å². The smallest absolute Gasteiger partial charge is 0.334 e. The van der Waals surface area contributed by atoms with Crippen LogP contribution in [0.2, 0.25) is 0 Å². The van der Waals surface area contributed by atoms with Crippen LogP contribution in [0.4, 0.5) is 0 Å². The highest BCUT2D eigenvalue weighted by molar-refractivity contribution is 5.87. The zero-order valence-corrected chi connectivity index (χ0v) is 20.0. The Balaban J connectivity index is 2.34. The fourth-order valence-electron chi connectivity index (χ4n) is 5.00. The molecule has 164 valence electrons. The van der Waals surface area contributed by atoms with Gasteiger partial charge in [-0.05, 0) is 65.2 Å². The molecule has 0 amide bonds. The monoisotopic (exact) mass is 404 g/mol. The molecule has 0 radical (unpaired) electrons. The van der Waals surface area contributed by atoms with Gasteiger partial charge >= 0.3 is 5.97 Å². The van der Waals surface area contributed by atoms with Crippen LogP contribution in [-0.4, -0.2) is 22.8 Å². The molecule has 0 aliphatic heterocycles. The first-order chi connectivity index (χ1) is 13.1. The van der Waals surface area contributed by atoms with Crippen molar-refractivity contribution in [2.24, 2.45) is 16.7 Å². The van der Waals surface area contributed by atoms with Gasteiger partial charge in [0.2, 0.25) is 0 Å². The van der Waals surface area contributed by atoms with Crippen molar-refractivity contribution >= 4 is 5.97 Å². The number of rotatable bonds is 7. The largest absolute Gasteiger partial charge is 0.442 e. The van der Waals surface area contributed by atoms with Crippen LogP contribution in [0.5, 0.6) is 0 Å². The third-order valence-corrected chi connectivity index (χ3v) is 7.37. The number of hydrogen-bond donors (Lipinski definition) is 0. The second-order valence-corrected chi connectivity index (χ2v) is 10.9. The highest BCUT2D eigenvalue weighted by atomic mass is 17.2. The maximum atomic E-state index is 12.5. The van der Waals surface area contributed by atoms with Crippen LogP contribution >= 0.6 is 0 Å². The molecular weight excluding hydrogens is 364 g/mol. The molecule has 3 atom stereocenters. The van der Waals surface area contributed by atoms with Crippen molar-refractivity contribution in [3.8, 4) is 11.8 Å². The molecule has 4 heteroatoms. The van der Waals surface area contributed by atoms with E-state index < -0.39 is 11.2 Å². The molecule has 0 saturated heterocycles. The molecule has 0 heterocycles. The molecular formula is C25H40O4. The Labute approximate surface area is 177 Å². The van der Waals surface area contributed by atoms with Gasteiger partial charge in [0.1, 0.15) is 0 Å². The molecule has 0 aromatic rings. The van der Waals surface area contributed by atoms with Crippen LogP contribution in [-0.2, 0) is 19.3 Å². The lowest BCUT2D eigenvalue weighted by Crippen LogP contribution is -2.50. The van der Waals surface area contributed by atoms with Gasteiger partial charge in [0.25, 0.3) is 0 Å². The number of carbonyl (C=O) groups excluding carboxylic acids is 1. The molecule has 2 saturated carbocycles. The molecule has 2 aliphatic carbocycles. The molecule has 0 spiro atoms. The number of carbonyl (C=O) groups is 1. The van der Waals surface area contributed by atoms with E-state index in [2.05, 4.69) is 46.1 Å². The Morgan fingerprint density at radius 1 is 1.17 bits per heavy atom. The number of hydrogen-bond acceptors (Lipinski definition) is 4. The Morgan fingerprint density at radius 2 is 1.79 bits per heavy atom. The van der Waals surface area contributed by atoms with Gasteiger partial charge < -0.3 is 4.74 Å². The topological polar surface area (TPSA) is 44.8 Å². The molecule has 2 aliphatic rings. The van der Waals surface area contributed by atoms with Crippen molar-refractivity contribution in [2.45, 2.75) is 111 Å². The lowest BCUT2D eigenvalue weighted by molar-refractivity contribution is -0.389. The van der Waals surface area contributed by atoms with E-state index >= 15 is 0 Å². The first-order valence-electron chi connectivity index (χ1n) is 10.9. The van der Waals surface area contributed by atoms with Gasteiger partial charge in [0.15, 0.2) is 11.2 Å². The lowest BCUT2D eigenvalue weighted by Gasteiger charge is -2.44. The van der Waals surface area contributed by atoms with Crippen molar-refractivity contribution in [3.05, 3.63) is 12.2 Å². The number of esters is 1. The minimum absolute atomic E-state index is 0.0433. The van der Waals surface area contributed by atoms with Gasteiger partial charge in [-0.1, -0.05) is 52.5 Å². The molecule has 2 rings (SSSR count). The predicted molar refractivity (Wildman–Crippen MR) is 116 cm³/mol. The Morgan fingerprint density at radius 3 is 2.24 bits per heavy atom. The zero-order valence-electron chi connectivity index (χ0n) is 20.0. The van der Waals surface area contributed by atoms with Gasteiger partial charge in [0.05, 0.1) is 5.60 Å². The normalized spacial score (nSPS) is 30.6.